The van der Waals surface area contributed by atoms with Gasteiger partial charge in [-0.05, 0) is 12.8 Å². The minimum atomic E-state index is 0.0158. The summed E-state index contributed by atoms with van der Waals surface area (Å²) in [5.41, 5.74) is 0. The standard InChI is InChI=1S/C15H27N3O3/c1-11(2)15(20)17-12-3-6-18(7-4-12)14(19)9-13-10-21-8-5-16-13/h11-13,16H,3-10H2,1-2H3,(H,17,20). The van der Waals surface area contributed by atoms with Crippen LogP contribution in [0, 0.1) is 5.92 Å². The highest BCUT2D eigenvalue weighted by Crippen LogP contribution is 2.13. The van der Waals surface area contributed by atoms with E-state index in [1.54, 1.807) is 0 Å². The van der Waals surface area contributed by atoms with E-state index in [9.17, 15) is 9.59 Å². The fourth-order valence-corrected chi connectivity index (χ4v) is 2.73. The lowest BCUT2D eigenvalue weighted by Crippen LogP contribution is -2.49. The Bertz CT molecular complexity index is 359. The third-order valence-corrected chi connectivity index (χ3v) is 4.14. The van der Waals surface area contributed by atoms with Crippen LogP contribution in [0.25, 0.3) is 0 Å². The van der Waals surface area contributed by atoms with Crippen molar-refractivity contribution in [2.45, 2.75) is 45.2 Å². The van der Waals surface area contributed by atoms with E-state index in [4.69, 9.17) is 4.74 Å². The maximum Gasteiger partial charge on any atom is 0.224 e. The lowest BCUT2D eigenvalue weighted by atomic mass is 10.0. The first-order valence-corrected chi connectivity index (χ1v) is 7.95. The molecule has 0 aliphatic carbocycles. The molecule has 2 saturated heterocycles. The van der Waals surface area contributed by atoms with E-state index in [0.717, 1.165) is 39.1 Å². The summed E-state index contributed by atoms with van der Waals surface area (Å²) in [5.74, 6) is 0.303. The molecule has 6 heteroatoms. The predicted molar refractivity (Wildman–Crippen MR) is 79.8 cm³/mol. The quantitative estimate of drug-likeness (QED) is 0.774. The van der Waals surface area contributed by atoms with Gasteiger partial charge in [0.25, 0.3) is 0 Å². The maximum atomic E-state index is 12.2. The SMILES string of the molecule is CC(C)C(=O)NC1CCN(C(=O)CC2COCCN2)CC1. The summed E-state index contributed by atoms with van der Waals surface area (Å²) in [7, 11) is 0. The Morgan fingerprint density at radius 1 is 1.33 bits per heavy atom. The van der Waals surface area contributed by atoms with E-state index in [2.05, 4.69) is 10.6 Å². The third-order valence-electron chi connectivity index (χ3n) is 4.14. The monoisotopic (exact) mass is 297 g/mol. The molecule has 2 aliphatic rings. The Balaban J connectivity index is 1.70. The molecule has 0 aromatic rings. The maximum absolute atomic E-state index is 12.2. The van der Waals surface area contributed by atoms with Crippen LogP contribution in [0.3, 0.4) is 0 Å². The van der Waals surface area contributed by atoms with Crippen LogP contribution in [0.2, 0.25) is 0 Å². The summed E-state index contributed by atoms with van der Waals surface area (Å²) in [6.07, 6.45) is 2.20. The largest absolute Gasteiger partial charge is 0.378 e. The highest BCUT2D eigenvalue weighted by atomic mass is 16.5. The molecular formula is C15H27N3O3. The van der Waals surface area contributed by atoms with Crippen LogP contribution in [-0.2, 0) is 14.3 Å². The van der Waals surface area contributed by atoms with Gasteiger partial charge in [-0.15, -0.1) is 0 Å². The van der Waals surface area contributed by atoms with Crippen molar-refractivity contribution in [2.24, 2.45) is 5.92 Å². The Labute approximate surface area is 126 Å². The molecule has 1 atom stereocenters. The van der Waals surface area contributed by atoms with Crippen molar-refractivity contribution in [1.29, 1.82) is 0 Å². The number of hydrogen-bond donors (Lipinski definition) is 2. The number of nitrogens with one attached hydrogen (secondary N) is 2. The second-order valence-electron chi connectivity index (χ2n) is 6.25. The highest BCUT2D eigenvalue weighted by Gasteiger charge is 2.26. The number of ether oxygens (including phenoxy) is 1. The smallest absolute Gasteiger partial charge is 0.224 e. The molecule has 0 aromatic carbocycles. The van der Waals surface area contributed by atoms with Gasteiger partial charge in [0.15, 0.2) is 0 Å². The van der Waals surface area contributed by atoms with Crippen LogP contribution in [0.15, 0.2) is 0 Å². The molecule has 2 aliphatic heterocycles. The van der Waals surface area contributed by atoms with E-state index in [1.807, 2.05) is 18.7 Å². The van der Waals surface area contributed by atoms with Gasteiger partial charge in [-0.1, -0.05) is 13.8 Å². The van der Waals surface area contributed by atoms with E-state index in [0.29, 0.717) is 13.0 Å². The van der Waals surface area contributed by atoms with Crippen molar-refractivity contribution < 1.29 is 14.3 Å². The second-order valence-corrected chi connectivity index (χ2v) is 6.25. The van der Waals surface area contributed by atoms with Gasteiger partial charge in [-0.2, -0.15) is 0 Å². The molecule has 6 nitrogen and oxygen atoms in total. The first kappa shape index (κ1) is 16.2. The van der Waals surface area contributed by atoms with Gasteiger partial charge in [-0.3, -0.25) is 9.59 Å². The number of rotatable bonds is 4. The van der Waals surface area contributed by atoms with Gasteiger partial charge in [0.05, 0.1) is 13.2 Å². The van der Waals surface area contributed by atoms with Crippen molar-refractivity contribution in [3.8, 4) is 0 Å². The van der Waals surface area contributed by atoms with E-state index in [-0.39, 0.29) is 29.8 Å². The number of piperidine rings is 1. The van der Waals surface area contributed by atoms with Crippen molar-refractivity contribution in [3.05, 3.63) is 0 Å². The number of hydrogen-bond acceptors (Lipinski definition) is 4. The topological polar surface area (TPSA) is 70.7 Å². The van der Waals surface area contributed by atoms with Crippen molar-refractivity contribution in [1.82, 2.24) is 15.5 Å². The van der Waals surface area contributed by atoms with Crippen LogP contribution in [0.4, 0.5) is 0 Å². The van der Waals surface area contributed by atoms with Gasteiger partial charge >= 0.3 is 0 Å². The zero-order valence-corrected chi connectivity index (χ0v) is 13.1. The molecule has 2 heterocycles. The van der Waals surface area contributed by atoms with Gasteiger partial charge < -0.3 is 20.3 Å². The first-order chi connectivity index (χ1) is 10.1. The molecule has 2 amide bonds. The average Bonchev–Trinajstić information content (AvgIpc) is 2.48. The normalized spacial score (nSPS) is 24.1. The fourth-order valence-electron chi connectivity index (χ4n) is 2.73. The van der Waals surface area contributed by atoms with E-state index in [1.165, 1.54) is 0 Å². The van der Waals surface area contributed by atoms with Crippen molar-refractivity contribution in [2.75, 3.05) is 32.8 Å². The zero-order chi connectivity index (χ0) is 15.2. The predicted octanol–water partition coefficient (Wildman–Crippen LogP) is 0.128. The number of morpholine rings is 1. The molecule has 1 unspecified atom stereocenters. The van der Waals surface area contributed by atoms with Crippen molar-refractivity contribution >= 4 is 11.8 Å². The molecule has 0 radical (unpaired) electrons. The van der Waals surface area contributed by atoms with Gasteiger partial charge in [0.2, 0.25) is 11.8 Å². The summed E-state index contributed by atoms with van der Waals surface area (Å²) in [4.78, 5) is 25.8. The fraction of sp³-hybridized carbons (Fsp3) is 0.867. The molecule has 0 aromatic heterocycles. The summed E-state index contributed by atoms with van der Waals surface area (Å²) >= 11 is 0. The molecule has 2 N–H and O–H groups in total. The van der Waals surface area contributed by atoms with Gasteiger partial charge in [0.1, 0.15) is 0 Å². The number of carbonyl (C=O) groups excluding carboxylic acids is 2. The van der Waals surface area contributed by atoms with Crippen LogP contribution in [-0.4, -0.2) is 61.6 Å². The lowest BCUT2D eigenvalue weighted by Gasteiger charge is -2.34. The minimum Gasteiger partial charge on any atom is -0.378 e. The first-order valence-electron chi connectivity index (χ1n) is 7.95. The van der Waals surface area contributed by atoms with Gasteiger partial charge in [-0.25, -0.2) is 0 Å². The Morgan fingerprint density at radius 2 is 2.05 bits per heavy atom. The molecule has 2 fully saturated rings. The molecule has 0 spiro atoms. The molecular weight excluding hydrogens is 270 g/mol. The average molecular weight is 297 g/mol. The number of likely N-dealkylation sites (tertiary alicyclic amines) is 1. The highest BCUT2D eigenvalue weighted by molar-refractivity contribution is 5.78. The lowest BCUT2D eigenvalue weighted by molar-refractivity contribution is -0.133. The molecule has 2 rings (SSSR count). The zero-order valence-electron chi connectivity index (χ0n) is 13.1. The van der Waals surface area contributed by atoms with Crippen LogP contribution < -0.4 is 10.6 Å². The molecule has 0 saturated carbocycles. The van der Waals surface area contributed by atoms with Crippen LogP contribution in [0.5, 0.6) is 0 Å². The number of nitrogens with zero attached hydrogens (tertiary/aromatic N) is 1. The third kappa shape index (κ3) is 4.97. The van der Waals surface area contributed by atoms with Crippen LogP contribution >= 0.6 is 0 Å². The number of carbonyl (C=O) groups is 2. The second kappa shape index (κ2) is 7.75. The van der Waals surface area contributed by atoms with Gasteiger partial charge in [0, 0.05) is 44.1 Å². The molecule has 0 bridgehead atoms. The summed E-state index contributed by atoms with van der Waals surface area (Å²) in [6.45, 7) is 7.42. The summed E-state index contributed by atoms with van der Waals surface area (Å²) in [5, 5.41) is 6.36. The molecule has 21 heavy (non-hydrogen) atoms. The number of amides is 2. The summed E-state index contributed by atoms with van der Waals surface area (Å²) < 4.78 is 5.37. The minimum absolute atomic E-state index is 0.0158. The van der Waals surface area contributed by atoms with Crippen molar-refractivity contribution in [3.63, 3.8) is 0 Å². The van der Waals surface area contributed by atoms with E-state index < -0.39 is 0 Å². The Hall–Kier alpha value is -1.14. The Kier molecular flexibility index (Phi) is 5.99. The molecule has 120 valence electrons. The van der Waals surface area contributed by atoms with Crippen LogP contribution in [0.1, 0.15) is 33.1 Å². The van der Waals surface area contributed by atoms with E-state index >= 15 is 0 Å². The summed E-state index contributed by atoms with van der Waals surface area (Å²) in [6, 6.07) is 0.352. The Morgan fingerprint density at radius 3 is 2.62 bits per heavy atom.